The predicted molar refractivity (Wildman–Crippen MR) is 82.7 cm³/mol. The first kappa shape index (κ1) is 17.6. The molecular weight excluding hydrogens is 296 g/mol. The van der Waals surface area contributed by atoms with Gasteiger partial charge in [-0.2, -0.15) is 4.31 Å². The molecule has 0 spiro atoms. The monoisotopic (exact) mass is 320 g/mol. The Morgan fingerprint density at radius 3 is 2.70 bits per heavy atom. The van der Waals surface area contributed by atoms with Crippen LogP contribution in [0.5, 0.6) is 0 Å². The highest BCUT2D eigenvalue weighted by molar-refractivity contribution is 7.89. The van der Waals surface area contributed by atoms with Crippen LogP contribution in [0.25, 0.3) is 0 Å². The molecule has 1 atom stereocenters. The Morgan fingerprint density at radius 1 is 1.50 bits per heavy atom. The summed E-state index contributed by atoms with van der Waals surface area (Å²) in [4.78, 5) is 1.30. The highest BCUT2D eigenvalue weighted by Gasteiger charge is 2.30. The summed E-state index contributed by atoms with van der Waals surface area (Å²) in [5.74, 6) is 0. The highest BCUT2D eigenvalue weighted by atomic mass is 32.2. The average Bonchev–Trinajstić information content (AvgIpc) is 2.77. The maximum absolute atomic E-state index is 12.8. The van der Waals surface area contributed by atoms with Crippen molar-refractivity contribution in [3.8, 4) is 0 Å². The van der Waals surface area contributed by atoms with Gasteiger partial charge < -0.3 is 10.1 Å². The van der Waals surface area contributed by atoms with Crippen molar-refractivity contribution in [1.82, 2.24) is 9.62 Å². The number of nitrogens with one attached hydrogen (secondary N) is 1. The number of nitrogens with zero attached hydrogens (tertiary/aromatic N) is 1. The maximum atomic E-state index is 12.8. The van der Waals surface area contributed by atoms with Crippen molar-refractivity contribution < 1.29 is 13.2 Å². The third-order valence-corrected chi connectivity index (χ3v) is 6.63. The van der Waals surface area contributed by atoms with Crippen LogP contribution < -0.4 is 5.32 Å². The molecule has 1 heterocycles. The lowest BCUT2D eigenvalue weighted by Gasteiger charge is -2.24. The average molecular weight is 320 g/mol. The molecule has 0 bridgehead atoms. The van der Waals surface area contributed by atoms with E-state index in [1.807, 2.05) is 26.2 Å². The quantitative estimate of drug-likeness (QED) is 0.794. The SMILES string of the molecule is CCNCc1scc(C)c1S(=O)(=O)N(C)C(C)COC. The van der Waals surface area contributed by atoms with Crippen molar-refractivity contribution in [1.29, 1.82) is 0 Å². The molecule has 0 saturated carbocycles. The summed E-state index contributed by atoms with van der Waals surface area (Å²) >= 11 is 1.49. The van der Waals surface area contributed by atoms with Crippen molar-refractivity contribution in [2.45, 2.75) is 38.3 Å². The van der Waals surface area contributed by atoms with E-state index >= 15 is 0 Å². The van der Waals surface area contributed by atoms with E-state index in [1.54, 1.807) is 14.2 Å². The van der Waals surface area contributed by atoms with Gasteiger partial charge in [-0.15, -0.1) is 11.3 Å². The van der Waals surface area contributed by atoms with Crippen LogP contribution in [-0.4, -0.2) is 46.1 Å². The molecule has 1 aromatic heterocycles. The van der Waals surface area contributed by atoms with Crippen LogP contribution in [0.4, 0.5) is 0 Å². The molecule has 0 aliphatic rings. The number of methoxy groups -OCH3 is 1. The van der Waals surface area contributed by atoms with Crippen molar-refractivity contribution >= 4 is 21.4 Å². The topological polar surface area (TPSA) is 58.6 Å². The summed E-state index contributed by atoms with van der Waals surface area (Å²) in [5.41, 5.74) is 0.805. The first-order valence-electron chi connectivity index (χ1n) is 6.60. The number of rotatable bonds is 8. The van der Waals surface area contributed by atoms with Crippen molar-refractivity contribution in [2.75, 3.05) is 27.3 Å². The van der Waals surface area contributed by atoms with Crippen LogP contribution >= 0.6 is 11.3 Å². The molecule has 20 heavy (non-hydrogen) atoms. The third-order valence-electron chi connectivity index (χ3n) is 3.19. The van der Waals surface area contributed by atoms with E-state index in [-0.39, 0.29) is 6.04 Å². The van der Waals surface area contributed by atoms with E-state index in [4.69, 9.17) is 4.74 Å². The number of sulfonamides is 1. The van der Waals surface area contributed by atoms with Gasteiger partial charge in [-0.1, -0.05) is 6.92 Å². The molecule has 1 aromatic rings. The Labute approximate surface area is 126 Å². The lowest BCUT2D eigenvalue weighted by atomic mass is 10.3. The summed E-state index contributed by atoms with van der Waals surface area (Å²) in [6.45, 7) is 7.45. The van der Waals surface area contributed by atoms with Gasteiger partial charge in [0.05, 0.1) is 6.61 Å². The second-order valence-electron chi connectivity index (χ2n) is 4.78. The van der Waals surface area contributed by atoms with E-state index in [9.17, 15) is 8.42 Å². The molecule has 0 aliphatic carbocycles. The minimum atomic E-state index is -3.49. The smallest absolute Gasteiger partial charge is 0.244 e. The summed E-state index contributed by atoms with van der Waals surface area (Å²) in [6.07, 6.45) is 0. The lowest BCUT2D eigenvalue weighted by Crippen LogP contribution is -2.38. The van der Waals surface area contributed by atoms with Gasteiger partial charge in [0.2, 0.25) is 10.0 Å². The summed E-state index contributed by atoms with van der Waals surface area (Å²) < 4.78 is 32.0. The van der Waals surface area contributed by atoms with Crippen molar-refractivity contribution in [3.63, 3.8) is 0 Å². The number of ether oxygens (including phenoxy) is 1. The van der Waals surface area contributed by atoms with Gasteiger partial charge in [0.15, 0.2) is 0 Å². The van der Waals surface area contributed by atoms with Crippen LogP contribution in [-0.2, 0) is 21.3 Å². The number of hydrogen-bond donors (Lipinski definition) is 1. The first-order valence-corrected chi connectivity index (χ1v) is 8.92. The van der Waals surface area contributed by atoms with Crippen molar-refractivity contribution in [3.05, 3.63) is 15.8 Å². The lowest BCUT2D eigenvalue weighted by molar-refractivity contribution is 0.149. The highest BCUT2D eigenvalue weighted by Crippen LogP contribution is 2.29. The summed E-state index contributed by atoms with van der Waals surface area (Å²) in [7, 11) is -0.308. The molecule has 116 valence electrons. The Morgan fingerprint density at radius 2 is 2.15 bits per heavy atom. The van der Waals surface area contributed by atoms with Gasteiger partial charge in [0, 0.05) is 31.6 Å². The van der Waals surface area contributed by atoms with E-state index in [0.717, 1.165) is 17.0 Å². The van der Waals surface area contributed by atoms with Crippen LogP contribution in [0.2, 0.25) is 0 Å². The van der Waals surface area contributed by atoms with Crippen LogP contribution in [0.1, 0.15) is 24.3 Å². The predicted octanol–water partition coefficient (Wildman–Crippen LogP) is 1.82. The zero-order valence-corrected chi connectivity index (χ0v) is 14.4. The number of thiophene rings is 1. The van der Waals surface area contributed by atoms with Gasteiger partial charge in [-0.3, -0.25) is 0 Å². The molecule has 5 nitrogen and oxygen atoms in total. The maximum Gasteiger partial charge on any atom is 0.244 e. The van der Waals surface area contributed by atoms with E-state index in [0.29, 0.717) is 18.0 Å². The normalized spacial score (nSPS) is 13.9. The molecule has 1 N–H and O–H groups in total. The number of likely N-dealkylation sites (N-methyl/N-ethyl adjacent to an activating group) is 1. The van der Waals surface area contributed by atoms with E-state index in [1.165, 1.54) is 15.6 Å². The minimum Gasteiger partial charge on any atom is -0.383 e. The Balaban J connectivity index is 3.11. The Kier molecular flexibility index (Phi) is 6.60. The largest absolute Gasteiger partial charge is 0.383 e. The number of hydrogen-bond acceptors (Lipinski definition) is 5. The van der Waals surface area contributed by atoms with Crippen LogP contribution in [0.15, 0.2) is 10.3 Å². The van der Waals surface area contributed by atoms with E-state index < -0.39 is 10.0 Å². The third kappa shape index (κ3) is 3.79. The fraction of sp³-hybridized carbons (Fsp3) is 0.692. The molecule has 1 unspecified atom stereocenters. The van der Waals surface area contributed by atoms with Gasteiger partial charge in [-0.25, -0.2) is 8.42 Å². The van der Waals surface area contributed by atoms with Crippen LogP contribution in [0, 0.1) is 6.92 Å². The molecule has 0 aromatic carbocycles. The summed E-state index contributed by atoms with van der Waals surface area (Å²) in [5, 5.41) is 5.08. The zero-order valence-electron chi connectivity index (χ0n) is 12.8. The Bertz CT molecular complexity index is 526. The molecule has 0 aliphatic heterocycles. The molecule has 0 amide bonds. The van der Waals surface area contributed by atoms with Gasteiger partial charge in [-0.05, 0) is 31.3 Å². The molecule has 0 fully saturated rings. The fourth-order valence-electron chi connectivity index (χ4n) is 1.92. The standard InChI is InChI=1S/C13H24N2O3S2/c1-6-14-7-12-13(10(2)9-19-12)20(16,17)15(4)11(3)8-18-5/h9,11,14H,6-8H2,1-5H3. The molecular formula is C13H24N2O3S2. The second kappa shape index (κ2) is 7.51. The van der Waals surface area contributed by atoms with Crippen LogP contribution in [0.3, 0.4) is 0 Å². The molecule has 0 saturated heterocycles. The molecule has 0 radical (unpaired) electrons. The summed E-state index contributed by atoms with van der Waals surface area (Å²) in [6, 6.07) is -0.198. The van der Waals surface area contributed by atoms with Gasteiger partial charge in [0.1, 0.15) is 4.90 Å². The zero-order chi connectivity index (χ0) is 15.3. The van der Waals surface area contributed by atoms with Gasteiger partial charge in [0.25, 0.3) is 0 Å². The first-order chi connectivity index (χ1) is 9.36. The van der Waals surface area contributed by atoms with Gasteiger partial charge >= 0.3 is 0 Å². The number of aryl methyl sites for hydroxylation is 1. The fourth-order valence-corrected chi connectivity index (χ4v) is 4.99. The Hall–Kier alpha value is -0.470. The second-order valence-corrected chi connectivity index (χ2v) is 7.68. The van der Waals surface area contributed by atoms with Crippen molar-refractivity contribution in [2.24, 2.45) is 0 Å². The molecule has 1 rings (SSSR count). The van der Waals surface area contributed by atoms with E-state index in [2.05, 4.69) is 5.32 Å². The molecule has 7 heteroatoms. The minimum absolute atomic E-state index is 0.198.